The van der Waals surface area contributed by atoms with Crippen molar-refractivity contribution >= 4 is 62.1 Å². The van der Waals surface area contributed by atoms with E-state index in [2.05, 4.69) is 21.3 Å². The van der Waals surface area contributed by atoms with E-state index in [1.165, 1.54) is 18.6 Å². The molecule has 1 aromatic heterocycles. The number of carbonyl (C=O) groups excluding carboxylic acids is 2. The van der Waals surface area contributed by atoms with Gasteiger partial charge in [0.2, 0.25) is 5.91 Å². The number of unbranched alkanes of at least 4 members (excludes halogenated alkanes) is 1. The summed E-state index contributed by atoms with van der Waals surface area (Å²) >= 11 is 1.54. The number of alkyl carbamates (subject to hydrolysis) is 1. The van der Waals surface area contributed by atoms with E-state index in [9.17, 15) is 9.59 Å². The Balaban J connectivity index is 1.37. The topological polar surface area (TPSA) is 100 Å². The number of anilines is 1. The molecule has 3 heterocycles. The number of hydrogen-bond acceptors (Lipinski definition) is 8. The van der Waals surface area contributed by atoms with Gasteiger partial charge in [-0.05, 0) is 75.2 Å². The number of rotatable bonds is 10. The average Bonchev–Trinajstić information content (AvgIpc) is 3.64. The van der Waals surface area contributed by atoms with E-state index < -0.39 is 11.7 Å². The molecule has 0 saturated carbocycles. The first kappa shape index (κ1) is 30.6. The van der Waals surface area contributed by atoms with Gasteiger partial charge in [-0.3, -0.25) is 4.79 Å². The zero-order chi connectivity index (χ0) is 28.5. The lowest BCUT2D eigenvalue weighted by atomic mass is 10.1. The highest BCUT2D eigenvalue weighted by Gasteiger charge is 2.23. The molecule has 2 fully saturated rings. The molecule has 3 N–H and O–H groups in total. The maximum atomic E-state index is 12.8. The van der Waals surface area contributed by atoms with Crippen LogP contribution >= 0.6 is 32.9 Å². The van der Waals surface area contributed by atoms with Gasteiger partial charge < -0.3 is 25.6 Å². The summed E-state index contributed by atoms with van der Waals surface area (Å²) < 4.78 is 5.40. The highest BCUT2D eigenvalue weighted by Crippen LogP contribution is 2.40. The summed E-state index contributed by atoms with van der Waals surface area (Å²) in [5.74, 6) is 1.98. The van der Waals surface area contributed by atoms with Crippen molar-refractivity contribution in [3.63, 3.8) is 0 Å². The standard InChI is InChI=1S/C29H41N5O3S3/c1-29(2,3)37-28(36)31-20-21-17-22(32-27(30)25-8-6-15-38-25)19-23(18-21)33-11-13-34(14-12-33)26(35)9-5-4-7-24-10-16-39-40-24/h6,8,15,17-19,24H,4-5,7,9-14,16,20H2,1-3H3,(H2,30,32)(H,31,36). The van der Waals surface area contributed by atoms with E-state index in [0.717, 1.165) is 53.0 Å². The fourth-order valence-electron chi connectivity index (χ4n) is 4.70. The summed E-state index contributed by atoms with van der Waals surface area (Å²) in [6, 6.07) is 9.91. The number of benzene rings is 1. The summed E-state index contributed by atoms with van der Waals surface area (Å²) in [6.45, 7) is 8.71. The molecule has 0 radical (unpaired) electrons. The van der Waals surface area contributed by atoms with Crippen molar-refractivity contribution < 1.29 is 14.3 Å². The zero-order valence-corrected chi connectivity index (χ0v) is 26.1. The summed E-state index contributed by atoms with van der Waals surface area (Å²) in [5, 5.41) is 5.59. The van der Waals surface area contributed by atoms with E-state index in [1.807, 2.05) is 76.9 Å². The smallest absolute Gasteiger partial charge is 0.407 e. The maximum Gasteiger partial charge on any atom is 0.407 e. The van der Waals surface area contributed by atoms with Crippen LogP contribution in [0.2, 0.25) is 0 Å². The highest BCUT2D eigenvalue weighted by molar-refractivity contribution is 8.77. The van der Waals surface area contributed by atoms with Crippen molar-refractivity contribution in [3.05, 3.63) is 46.2 Å². The van der Waals surface area contributed by atoms with Crippen molar-refractivity contribution in [2.24, 2.45) is 10.7 Å². The SMILES string of the molecule is CC(C)(C)OC(=O)NCc1cc(N=C(N)c2cccs2)cc(N2CCN(C(=O)CCCCC3CCSS3)CC2)c1. The second-order valence-electron chi connectivity index (χ2n) is 11.1. The molecule has 0 bridgehead atoms. The molecule has 8 nitrogen and oxygen atoms in total. The molecule has 2 aromatic rings. The normalized spacial score (nSPS) is 18.2. The molecular weight excluding hydrogens is 563 g/mol. The number of nitrogens with one attached hydrogen (secondary N) is 1. The third kappa shape index (κ3) is 9.62. The molecule has 4 rings (SSSR count). The molecule has 40 heavy (non-hydrogen) atoms. The van der Waals surface area contributed by atoms with Gasteiger partial charge in [0.1, 0.15) is 11.4 Å². The molecule has 11 heteroatoms. The number of thiophene rings is 1. The number of piperazine rings is 1. The average molecular weight is 604 g/mol. The summed E-state index contributed by atoms with van der Waals surface area (Å²) in [6.07, 6.45) is 4.80. The Hall–Kier alpha value is -2.37. The van der Waals surface area contributed by atoms with Crippen LogP contribution in [0.25, 0.3) is 0 Å². The van der Waals surface area contributed by atoms with Crippen LogP contribution in [-0.4, -0.2) is 65.5 Å². The summed E-state index contributed by atoms with van der Waals surface area (Å²) in [7, 11) is 3.99. The van der Waals surface area contributed by atoms with E-state index in [0.29, 0.717) is 31.9 Å². The lowest BCUT2D eigenvalue weighted by molar-refractivity contribution is -0.131. The lowest BCUT2D eigenvalue weighted by Gasteiger charge is -2.36. The molecule has 218 valence electrons. The summed E-state index contributed by atoms with van der Waals surface area (Å²) in [5.41, 5.74) is 8.35. The Morgan fingerprint density at radius 1 is 1.15 bits per heavy atom. The molecule has 2 aliphatic heterocycles. The Labute approximate surface area is 249 Å². The number of nitrogens with zero attached hydrogens (tertiary/aromatic N) is 3. The van der Waals surface area contributed by atoms with Gasteiger partial charge in [-0.15, -0.1) is 11.3 Å². The molecule has 2 amide bonds. The Morgan fingerprint density at radius 2 is 1.95 bits per heavy atom. The fraction of sp³-hybridized carbons (Fsp3) is 0.552. The highest BCUT2D eigenvalue weighted by atomic mass is 33.1. The van der Waals surface area contributed by atoms with Crippen molar-refractivity contribution in [1.29, 1.82) is 0 Å². The zero-order valence-electron chi connectivity index (χ0n) is 23.7. The molecule has 1 aromatic carbocycles. The number of carbonyl (C=O) groups is 2. The number of amides is 2. The maximum absolute atomic E-state index is 12.8. The van der Waals surface area contributed by atoms with Crippen molar-refractivity contribution in [2.45, 2.75) is 70.3 Å². The minimum absolute atomic E-state index is 0.262. The van der Waals surface area contributed by atoms with Gasteiger partial charge in [0.05, 0.1) is 10.6 Å². The Kier molecular flexibility index (Phi) is 11.1. The first-order chi connectivity index (χ1) is 19.2. The van der Waals surface area contributed by atoms with Gasteiger partial charge in [-0.25, -0.2) is 9.79 Å². The van der Waals surface area contributed by atoms with Crippen LogP contribution in [0.1, 0.15) is 63.3 Å². The van der Waals surface area contributed by atoms with Crippen molar-refractivity contribution in [2.75, 3.05) is 36.8 Å². The predicted molar refractivity (Wildman–Crippen MR) is 170 cm³/mol. The Morgan fingerprint density at radius 3 is 2.62 bits per heavy atom. The predicted octanol–water partition coefficient (Wildman–Crippen LogP) is 6.17. The van der Waals surface area contributed by atoms with Gasteiger partial charge in [-0.2, -0.15) is 0 Å². The number of aliphatic imine (C=N–C) groups is 1. The van der Waals surface area contributed by atoms with Crippen LogP contribution in [0, 0.1) is 0 Å². The second-order valence-corrected chi connectivity index (χ2v) is 14.9. The minimum atomic E-state index is -0.568. The minimum Gasteiger partial charge on any atom is -0.444 e. The van der Waals surface area contributed by atoms with Gasteiger partial charge in [-0.1, -0.05) is 34.1 Å². The third-order valence-electron chi connectivity index (χ3n) is 6.71. The van der Waals surface area contributed by atoms with Crippen LogP contribution in [0.3, 0.4) is 0 Å². The number of amidine groups is 1. The van der Waals surface area contributed by atoms with E-state index in [-0.39, 0.29) is 5.91 Å². The van der Waals surface area contributed by atoms with Crippen LogP contribution in [0.4, 0.5) is 16.2 Å². The molecule has 0 spiro atoms. The van der Waals surface area contributed by atoms with Gasteiger partial charge in [0.15, 0.2) is 0 Å². The third-order valence-corrected chi connectivity index (χ3v) is 10.6. The lowest BCUT2D eigenvalue weighted by Crippen LogP contribution is -2.48. The fourth-order valence-corrected chi connectivity index (χ4v) is 8.35. The largest absolute Gasteiger partial charge is 0.444 e. The molecule has 0 aliphatic carbocycles. The molecule has 1 atom stereocenters. The molecular formula is C29H41N5O3S3. The van der Waals surface area contributed by atoms with Crippen molar-refractivity contribution in [1.82, 2.24) is 10.2 Å². The van der Waals surface area contributed by atoms with Crippen molar-refractivity contribution in [3.8, 4) is 0 Å². The second kappa shape index (κ2) is 14.5. The van der Waals surface area contributed by atoms with E-state index in [4.69, 9.17) is 10.5 Å². The Bertz CT molecular complexity index is 1150. The van der Waals surface area contributed by atoms with Gasteiger partial charge in [0, 0.05) is 55.8 Å². The number of nitrogens with two attached hydrogens (primary N) is 1. The summed E-state index contributed by atoms with van der Waals surface area (Å²) in [4.78, 5) is 35.0. The molecule has 2 saturated heterocycles. The van der Waals surface area contributed by atoms with E-state index in [1.54, 1.807) is 11.3 Å². The van der Waals surface area contributed by atoms with Crippen LogP contribution < -0.4 is 16.0 Å². The van der Waals surface area contributed by atoms with Crippen LogP contribution in [-0.2, 0) is 16.1 Å². The molecule has 1 unspecified atom stereocenters. The van der Waals surface area contributed by atoms with Crippen LogP contribution in [0.5, 0.6) is 0 Å². The first-order valence-electron chi connectivity index (χ1n) is 14.0. The van der Waals surface area contributed by atoms with Gasteiger partial charge in [0.25, 0.3) is 0 Å². The monoisotopic (exact) mass is 603 g/mol. The first-order valence-corrected chi connectivity index (χ1v) is 17.2. The van der Waals surface area contributed by atoms with E-state index >= 15 is 0 Å². The van der Waals surface area contributed by atoms with Crippen LogP contribution in [0.15, 0.2) is 40.7 Å². The number of ether oxygens (including phenoxy) is 1. The number of hydrogen-bond donors (Lipinski definition) is 2. The van der Waals surface area contributed by atoms with Gasteiger partial charge >= 0.3 is 6.09 Å². The molecule has 2 aliphatic rings. The quantitative estimate of drug-likeness (QED) is 0.145.